The molecule has 1 amide bonds. The van der Waals surface area contributed by atoms with Crippen LogP contribution in [0.25, 0.3) is 0 Å². The highest BCUT2D eigenvalue weighted by Gasteiger charge is 2.16. The Labute approximate surface area is 113 Å². The van der Waals surface area contributed by atoms with Crippen LogP contribution in [0.4, 0.5) is 5.69 Å². The van der Waals surface area contributed by atoms with Gasteiger partial charge in [-0.3, -0.25) is 4.79 Å². The quantitative estimate of drug-likeness (QED) is 0.763. The van der Waals surface area contributed by atoms with Gasteiger partial charge in [-0.1, -0.05) is 12.0 Å². The molecule has 0 fully saturated rings. The molecule has 1 unspecified atom stereocenters. The van der Waals surface area contributed by atoms with Gasteiger partial charge in [0.25, 0.3) is 0 Å². The number of carbonyl (C=O) groups excluding carboxylic acids is 1. The molecule has 0 aliphatic carbocycles. The van der Waals surface area contributed by atoms with E-state index in [0.29, 0.717) is 11.3 Å². The van der Waals surface area contributed by atoms with E-state index in [0.717, 1.165) is 6.26 Å². The first-order chi connectivity index (χ1) is 8.81. The number of hydrogen-bond acceptors (Lipinski definition) is 4. The van der Waals surface area contributed by atoms with Gasteiger partial charge in [-0.25, -0.2) is 8.42 Å². The molecule has 0 aromatic heterocycles. The molecule has 0 aliphatic heterocycles. The first-order valence-electron chi connectivity index (χ1n) is 5.62. The second-order valence-corrected chi connectivity index (χ2v) is 6.50. The maximum absolute atomic E-state index is 11.7. The SMILES string of the molecule is C#Cc1cccc(NC(=O)C(N)CCS(C)(=O)=O)c1. The van der Waals surface area contributed by atoms with Crippen LogP contribution in [0.3, 0.4) is 0 Å². The third-order valence-electron chi connectivity index (χ3n) is 2.43. The second-order valence-electron chi connectivity index (χ2n) is 4.24. The maximum atomic E-state index is 11.7. The summed E-state index contributed by atoms with van der Waals surface area (Å²) in [6.45, 7) is 0. The predicted molar refractivity (Wildman–Crippen MR) is 75.3 cm³/mol. The highest BCUT2D eigenvalue weighted by atomic mass is 32.2. The van der Waals surface area contributed by atoms with Crippen LogP contribution in [-0.4, -0.2) is 32.4 Å². The monoisotopic (exact) mass is 280 g/mol. The Morgan fingerprint density at radius 1 is 1.53 bits per heavy atom. The summed E-state index contributed by atoms with van der Waals surface area (Å²) in [5.74, 6) is 1.90. The van der Waals surface area contributed by atoms with Gasteiger partial charge in [0.1, 0.15) is 9.84 Å². The Bertz CT molecular complexity index is 603. The molecule has 0 saturated carbocycles. The van der Waals surface area contributed by atoms with Crippen molar-refractivity contribution in [2.24, 2.45) is 5.73 Å². The van der Waals surface area contributed by atoms with Gasteiger partial charge in [0.05, 0.1) is 11.8 Å². The van der Waals surface area contributed by atoms with E-state index >= 15 is 0 Å². The van der Waals surface area contributed by atoms with E-state index in [1.165, 1.54) is 0 Å². The zero-order valence-electron chi connectivity index (χ0n) is 10.6. The van der Waals surface area contributed by atoms with Crippen LogP contribution in [0.15, 0.2) is 24.3 Å². The van der Waals surface area contributed by atoms with E-state index in [2.05, 4.69) is 11.2 Å². The van der Waals surface area contributed by atoms with Gasteiger partial charge in [0, 0.05) is 17.5 Å². The van der Waals surface area contributed by atoms with Crippen molar-refractivity contribution in [1.29, 1.82) is 0 Å². The molecule has 1 aromatic carbocycles. The number of hydrogen-bond donors (Lipinski definition) is 2. The maximum Gasteiger partial charge on any atom is 0.241 e. The average Bonchev–Trinajstić information content (AvgIpc) is 2.35. The van der Waals surface area contributed by atoms with E-state index in [1.54, 1.807) is 24.3 Å². The number of sulfone groups is 1. The zero-order valence-corrected chi connectivity index (χ0v) is 11.4. The lowest BCUT2D eigenvalue weighted by Gasteiger charge is -2.11. The minimum atomic E-state index is -3.12. The van der Waals surface area contributed by atoms with E-state index in [-0.39, 0.29) is 12.2 Å². The molecular weight excluding hydrogens is 264 g/mol. The van der Waals surface area contributed by atoms with E-state index in [9.17, 15) is 13.2 Å². The molecule has 19 heavy (non-hydrogen) atoms. The summed E-state index contributed by atoms with van der Waals surface area (Å²) in [6.07, 6.45) is 6.44. The standard InChI is InChI=1S/C13H16N2O3S/c1-3-10-5-4-6-11(9-10)15-13(16)12(14)7-8-19(2,17)18/h1,4-6,9,12H,7-8,14H2,2H3,(H,15,16). The summed E-state index contributed by atoms with van der Waals surface area (Å²) in [5.41, 5.74) is 6.80. The Kier molecular flexibility index (Phi) is 5.10. The summed E-state index contributed by atoms with van der Waals surface area (Å²) in [7, 11) is -3.12. The van der Waals surface area contributed by atoms with Crippen LogP contribution >= 0.6 is 0 Å². The summed E-state index contributed by atoms with van der Waals surface area (Å²) in [4.78, 5) is 11.7. The van der Waals surface area contributed by atoms with Crippen LogP contribution in [0.5, 0.6) is 0 Å². The smallest absolute Gasteiger partial charge is 0.241 e. The van der Waals surface area contributed by atoms with Gasteiger partial charge >= 0.3 is 0 Å². The normalized spacial score (nSPS) is 12.5. The Morgan fingerprint density at radius 3 is 2.79 bits per heavy atom. The van der Waals surface area contributed by atoms with Crippen molar-refractivity contribution >= 4 is 21.4 Å². The summed E-state index contributed by atoms with van der Waals surface area (Å²) in [5, 5.41) is 2.60. The van der Waals surface area contributed by atoms with Crippen molar-refractivity contribution in [3.63, 3.8) is 0 Å². The van der Waals surface area contributed by atoms with Crippen LogP contribution in [0.2, 0.25) is 0 Å². The van der Waals surface area contributed by atoms with Crippen molar-refractivity contribution in [2.75, 3.05) is 17.3 Å². The average molecular weight is 280 g/mol. The van der Waals surface area contributed by atoms with E-state index in [4.69, 9.17) is 12.2 Å². The predicted octanol–water partition coefficient (Wildman–Crippen LogP) is 0.368. The Morgan fingerprint density at radius 2 is 2.21 bits per heavy atom. The number of anilines is 1. The fourth-order valence-electron chi connectivity index (χ4n) is 1.39. The van der Waals surface area contributed by atoms with Crippen molar-refractivity contribution < 1.29 is 13.2 Å². The van der Waals surface area contributed by atoms with E-state index in [1.807, 2.05) is 0 Å². The molecule has 0 radical (unpaired) electrons. The number of terminal acetylenes is 1. The highest BCUT2D eigenvalue weighted by molar-refractivity contribution is 7.90. The summed E-state index contributed by atoms with van der Waals surface area (Å²) >= 11 is 0. The number of carbonyl (C=O) groups is 1. The highest BCUT2D eigenvalue weighted by Crippen LogP contribution is 2.10. The molecule has 0 spiro atoms. The van der Waals surface area contributed by atoms with Gasteiger partial charge in [-0.15, -0.1) is 6.42 Å². The molecule has 6 heteroatoms. The number of nitrogens with one attached hydrogen (secondary N) is 1. The molecular formula is C13H16N2O3S. The molecule has 5 nitrogen and oxygen atoms in total. The lowest BCUT2D eigenvalue weighted by molar-refractivity contribution is -0.117. The van der Waals surface area contributed by atoms with Crippen LogP contribution in [0.1, 0.15) is 12.0 Å². The minimum absolute atomic E-state index is 0.0828. The molecule has 1 aromatic rings. The fraction of sp³-hybridized carbons (Fsp3) is 0.308. The van der Waals surface area contributed by atoms with Crippen molar-refractivity contribution in [2.45, 2.75) is 12.5 Å². The first kappa shape index (κ1) is 15.2. The fourth-order valence-corrected chi connectivity index (χ4v) is 2.08. The molecule has 0 heterocycles. The van der Waals surface area contributed by atoms with E-state index < -0.39 is 21.8 Å². The largest absolute Gasteiger partial charge is 0.325 e. The van der Waals surface area contributed by atoms with Gasteiger partial charge in [0.15, 0.2) is 0 Å². The van der Waals surface area contributed by atoms with Crippen molar-refractivity contribution in [3.8, 4) is 12.3 Å². The van der Waals surface area contributed by atoms with Gasteiger partial charge in [0.2, 0.25) is 5.91 Å². The van der Waals surface area contributed by atoms with Crippen LogP contribution in [-0.2, 0) is 14.6 Å². The number of nitrogens with two attached hydrogens (primary N) is 1. The van der Waals surface area contributed by atoms with Crippen LogP contribution in [0, 0.1) is 12.3 Å². The molecule has 3 N–H and O–H groups in total. The van der Waals surface area contributed by atoms with Gasteiger partial charge in [-0.2, -0.15) is 0 Å². The minimum Gasteiger partial charge on any atom is -0.325 e. The lowest BCUT2D eigenvalue weighted by Crippen LogP contribution is -2.37. The zero-order chi connectivity index (χ0) is 14.5. The Balaban J connectivity index is 2.61. The van der Waals surface area contributed by atoms with Gasteiger partial charge < -0.3 is 11.1 Å². The molecule has 1 rings (SSSR count). The summed E-state index contributed by atoms with van der Waals surface area (Å²) in [6, 6.07) is 5.90. The van der Waals surface area contributed by atoms with Crippen LogP contribution < -0.4 is 11.1 Å². The third kappa shape index (κ3) is 5.55. The third-order valence-corrected chi connectivity index (χ3v) is 3.41. The van der Waals surface area contributed by atoms with Crippen molar-refractivity contribution in [1.82, 2.24) is 0 Å². The molecule has 1 atom stereocenters. The van der Waals surface area contributed by atoms with Gasteiger partial charge in [-0.05, 0) is 24.6 Å². The number of benzene rings is 1. The molecule has 0 bridgehead atoms. The lowest BCUT2D eigenvalue weighted by atomic mass is 10.2. The topological polar surface area (TPSA) is 89.3 Å². The summed E-state index contributed by atoms with van der Waals surface area (Å²) < 4.78 is 22.0. The second kappa shape index (κ2) is 6.36. The Hall–Kier alpha value is -1.84. The molecule has 0 aliphatic rings. The molecule has 0 saturated heterocycles. The van der Waals surface area contributed by atoms with Crippen molar-refractivity contribution in [3.05, 3.63) is 29.8 Å². The number of rotatable bonds is 5. The molecule has 102 valence electrons. The number of amides is 1. The first-order valence-corrected chi connectivity index (χ1v) is 7.69.